The van der Waals surface area contributed by atoms with E-state index in [2.05, 4.69) is 9.97 Å². The third kappa shape index (κ3) is 4.04. The Kier molecular flexibility index (Phi) is 6.03. The SMILES string of the molecule is CCn1c(Cc2ncc(Cl)cn2)cc(=O)c(C(=O)O)c1-c1ccc(Cl)c(Cl)c1. The number of aromatic nitrogens is 3. The van der Waals surface area contributed by atoms with Gasteiger partial charge in [-0.05, 0) is 19.1 Å². The van der Waals surface area contributed by atoms with Gasteiger partial charge in [-0.2, -0.15) is 0 Å². The zero-order chi connectivity index (χ0) is 20.4. The van der Waals surface area contributed by atoms with E-state index in [0.717, 1.165) is 0 Å². The molecule has 144 valence electrons. The van der Waals surface area contributed by atoms with Crippen molar-refractivity contribution in [1.82, 2.24) is 14.5 Å². The van der Waals surface area contributed by atoms with Crippen molar-refractivity contribution in [3.05, 3.63) is 79.0 Å². The Balaban J connectivity index is 2.26. The summed E-state index contributed by atoms with van der Waals surface area (Å²) in [7, 11) is 0. The highest BCUT2D eigenvalue weighted by Crippen LogP contribution is 2.30. The van der Waals surface area contributed by atoms with Gasteiger partial charge in [0.1, 0.15) is 11.4 Å². The van der Waals surface area contributed by atoms with Crippen LogP contribution in [0.4, 0.5) is 0 Å². The maximum absolute atomic E-state index is 12.6. The molecular formula is C19H14Cl3N3O3. The van der Waals surface area contributed by atoms with Gasteiger partial charge in [-0.3, -0.25) is 4.79 Å². The molecule has 0 amide bonds. The predicted octanol–water partition coefficient (Wildman–Crippen LogP) is 4.57. The van der Waals surface area contributed by atoms with Gasteiger partial charge in [-0.15, -0.1) is 0 Å². The molecule has 9 heteroatoms. The van der Waals surface area contributed by atoms with Crippen LogP contribution in [0, 0.1) is 0 Å². The molecule has 0 atom stereocenters. The van der Waals surface area contributed by atoms with Crippen molar-refractivity contribution in [3.63, 3.8) is 0 Å². The van der Waals surface area contributed by atoms with Gasteiger partial charge in [-0.1, -0.05) is 40.9 Å². The van der Waals surface area contributed by atoms with Crippen molar-refractivity contribution in [2.24, 2.45) is 0 Å². The van der Waals surface area contributed by atoms with Crippen molar-refractivity contribution in [2.75, 3.05) is 0 Å². The first-order valence-corrected chi connectivity index (χ1v) is 9.37. The molecule has 0 radical (unpaired) electrons. The summed E-state index contributed by atoms with van der Waals surface area (Å²) in [5, 5.41) is 10.6. The van der Waals surface area contributed by atoms with E-state index in [4.69, 9.17) is 34.8 Å². The molecule has 2 aromatic heterocycles. The number of benzene rings is 1. The van der Waals surface area contributed by atoms with Gasteiger partial charge in [0.2, 0.25) is 0 Å². The number of aromatic carboxylic acids is 1. The second-order valence-corrected chi connectivity index (χ2v) is 7.15. The van der Waals surface area contributed by atoms with Crippen LogP contribution in [0.1, 0.15) is 28.8 Å². The van der Waals surface area contributed by atoms with E-state index >= 15 is 0 Å². The fraction of sp³-hybridized carbons (Fsp3) is 0.158. The molecule has 0 saturated carbocycles. The van der Waals surface area contributed by atoms with Gasteiger partial charge in [-0.25, -0.2) is 14.8 Å². The van der Waals surface area contributed by atoms with Crippen molar-refractivity contribution in [2.45, 2.75) is 19.9 Å². The van der Waals surface area contributed by atoms with Gasteiger partial charge in [0.05, 0.1) is 20.8 Å². The molecule has 0 spiro atoms. The van der Waals surface area contributed by atoms with Crippen LogP contribution >= 0.6 is 34.8 Å². The first-order valence-electron chi connectivity index (χ1n) is 8.23. The lowest BCUT2D eigenvalue weighted by atomic mass is 10.0. The maximum atomic E-state index is 12.6. The Morgan fingerprint density at radius 3 is 2.36 bits per heavy atom. The number of rotatable bonds is 5. The third-order valence-electron chi connectivity index (χ3n) is 4.13. The lowest BCUT2D eigenvalue weighted by molar-refractivity contribution is 0.0695. The largest absolute Gasteiger partial charge is 0.477 e. The minimum atomic E-state index is -1.32. The molecule has 28 heavy (non-hydrogen) atoms. The molecule has 0 saturated heterocycles. The normalized spacial score (nSPS) is 10.9. The van der Waals surface area contributed by atoms with Gasteiger partial charge in [0.15, 0.2) is 5.43 Å². The predicted molar refractivity (Wildman–Crippen MR) is 109 cm³/mol. The molecule has 0 aliphatic heterocycles. The van der Waals surface area contributed by atoms with Crippen LogP contribution in [0.5, 0.6) is 0 Å². The van der Waals surface area contributed by atoms with Gasteiger partial charge >= 0.3 is 5.97 Å². The Morgan fingerprint density at radius 1 is 1.11 bits per heavy atom. The van der Waals surface area contributed by atoms with Crippen LogP contribution in [0.25, 0.3) is 11.3 Å². The fourth-order valence-corrected chi connectivity index (χ4v) is 3.34. The van der Waals surface area contributed by atoms with E-state index < -0.39 is 11.4 Å². The second kappa shape index (κ2) is 8.31. The van der Waals surface area contributed by atoms with E-state index in [0.29, 0.717) is 33.7 Å². The maximum Gasteiger partial charge on any atom is 0.341 e. The van der Waals surface area contributed by atoms with Crippen LogP contribution in [-0.4, -0.2) is 25.6 Å². The van der Waals surface area contributed by atoms with Crippen LogP contribution in [-0.2, 0) is 13.0 Å². The van der Waals surface area contributed by atoms with Crippen molar-refractivity contribution >= 4 is 40.8 Å². The van der Waals surface area contributed by atoms with Crippen molar-refractivity contribution in [3.8, 4) is 11.3 Å². The lowest BCUT2D eigenvalue weighted by Crippen LogP contribution is -2.23. The first-order chi connectivity index (χ1) is 13.3. The molecule has 1 N–H and O–H groups in total. The second-order valence-electron chi connectivity index (χ2n) is 5.90. The summed E-state index contributed by atoms with van der Waals surface area (Å²) in [5.41, 5.74) is 0.360. The zero-order valence-electron chi connectivity index (χ0n) is 14.6. The third-order valence-corrected chi connectivity index (χ3v) is 5.07. The van der Waals surface area contributed by atoms with Crippen LogP contribution in [0.15, 0.2) is 41.5 Å². The summed E-state index contributed by atoms with van der Waals surface area (Å²) in [6.07, 6.45) is 3.15. The Morgan fingerprint density at radius 2 is 1.79 bits per heavy atom. The van der Waals surface area contributed by atoms with Crippen LogP contribution < -0.4 is 5.43 Å². The van der Waals surface area contributed by atoms with E-state index in [1.165, 1.54) is 18.5 Å². The van der Waals surface area contributed by atoms with Crippen LogP contribution in [0.2, 0.25) is 15.1 Å². The summed E-state index contributed by atoms with van der Waals surface area (Å²) < 4.78 is 1.74. The van der Waals surface area contributed by atoms with E-state index in [9.17, 15) is 14.7 Å². The summed E-state index contributed by atoms with van der Waals surface area (Å²) in [4.78, 5) is 32.8. The number of carboxylic acids is 1. The number of hydrogen-bond donors (Lipinski definition) is 1. The minimum absolute atomic E-state index is 0.231. The summed E-state index contributed by atoms with van der Waals surface area (Å²) in [5.74, 6) is -0.864. The molecule has 0 unspecified atom stereocenters. The molecule has 3 aromatic rings. The molecule has 6 nitrogen and oxygen atoms in total. The number of carbonyl (C=O) groups is 1. The van der Waals surface area contributed by atoms with Crippen LogP contribution in [0.3, 0.4) is 0 Å². The smallest absolute Gasteiger partial charge is 0.341 e. The van der Waals surface area contributed by atoms with Crippen molar-refractivity contribution < 1.29 is 9.90 Å². The highest BCUT2D eigenvalue weighted by molar-refractivity contribution is 6.42. The summed E-state index contributed by atoms with van der Waals surface area (Å²) in [6.45, 7) is 2.27. The Labute approximate surface area is 175 Å². The summed E-state index contributed by atoms with van der Waals surface area (Å²) >= 11 is 17.9. The van der Waals surface area contributed by atoms with Gasteiger partial charge < -0.3 is 9.67 Å². The lowest BCUT2D eigenvalue weighted by Gasteiger charge is -2.19. The average Bonchev–Trinajstić information content (AvgIpc) is 2.65. The highest BCUT2D eigenvalue weighted by Gasteiger charge is 2.22. The molecule has 3 rings (SSSR count). The first kappa shape index (κ1) is 20.3. The molecule has 0 aliphatic carbocycles. The molecular weight excluding hydrogens is 425 g/mol. The number of pyridine rings is 1. The number of hydrogen-bond acceptors (Lipinski definition) is 4. The zero-order valence-corrected chi connectivity index (χ0v) is 16.9. The average molecular weight is 439 g/mol. The topological polar surface area (TPSA) is 85.1 Å². The molecule has 1 aromatic carbocycles. The number of halogens is 3. The fourth-order valence-electron chi connectivity index (χ4n) is 2.95. The quantitative estimate of drug-likeness (QED) is 0.630. The van der Waals surface area contributed by atoms with Gasteiger partial charge in [0, 0.05) is 42.7 Å². The molecule has 0 bridgehead atoms. The van der Waals surface area contributed by atoms with Crippen molar-refractivity contribution in [1.29, 1.82) is 0 Å². The molecule has 0 fully saturated rings. The Hall–Kier alpha value is -2.41. The number of carboxylic acid groups (broad SMARTS) is 1. The monoisotopic (exact) mass is 437 g/mol. The molecule has 2 heterocycles. The number of nitrogens with zero attached hydrogens (tertiary/aromatic N) is 3. The standard InChI is InChI=1S/C19H14Cl3N3O3/c1-2-25-12(7-16-23-8-11(20)9-24-16)6-15(26)17(19(27)28)18(25)10-3-4-13(21)14(22)5-10/h3-6,8-9H,2,7H2,1H3,(H,27,28). The van der Waals surface area contributed by atoms with E-state index in [-0.39, 0.29) is 22.7 Å². The minimum Gasteiger partial charge on any atom is -0.477 e. The van der Waals surface area contributed by atoms with Gasteiger partial charge in [0.25, 0.3) is 0 Å². The Bertz CT molecular complexity index is 1110. The molecule has 0 aliphatic rings. The van der Waals surface area contributed by atoms with E-state index in [1.54, 1.807) is 22.8 Å². The van der Waals surface area contributed by atoms with E-state index in [1.807, 2.05) is 6.92 Å². The highest BCUT2D eigenvalue weighted by atomic mass is 35.5. The summed E-state index contributed by atoms with van der Waals surface area (Å²) in [6, 6.07) is 6.03.